The van der Waals surface area contributed by atoms with E-state index in [0.29, 0.717) is 5.75 Å². The number of rotatable bonds is 6. The molecular formula is C9H10NO4S-. The van der Waals surface area contributed by atoms with Crippen LogP contribution in [0.1, 0.15) is 5.76 Å². The van der Waals surface area contributed by atoms with Crippen molar-refractivity contribution in [1.82, 2.24) is 5.32 Å². The second kappa shape index (κ2) is 6.13. The lowest BCUT2D eigenvalue weighted by atomic mass is 10.5. The van der Waals surface area contributed by atoms with Gasteiger partial charge in [0.15, 0.2) is 0 Å². The van der Waals surface area contributed by atoms with Crippen molar-refractivity contribution < 1.29 is 19.1 Å². The van der Waals surface area contributed by atoms with Crippen molar-refractivity contribution in [3.05, 3.63) is 24.2 Å². The van der Waals surface area contributed by atoms with Crippen LogP contribution in [0.3, 0.4) is 0 Å². The monoisotopic (exact) mass is 228 g/mol. The van der Waals surface area contributed by atoms with E-state index in [4.69, 9.17) is 4.42 Å². The number of carbonyl (C=O) groups excluding carboxylic acids is 2. The van der Waals surface area contributed by atoms with Gasteiger partial charge in [0.25, 0.3) is 0 Å². The number of carbonyl (C=O) groups is 2. The molecule has 0 unspecified atom stereocenters. The molecule has 1 rings (SSSR count). The summed E-state index contributed by atoms with van der Waals surface area (Å²) in [6.45, 7) is -0.444. The molecule has 0 bridgehead atoms. The Morgan fingerprint density at radius 1 is 1.53 bits per heavy atom. The molecule has 0 saturated heterocycles. The molecule has 0 radical (unpaired) electrons. The molecule has 1 N–H and O–H groups in total. The largest absolute Gasteiger partial charge is 0.548 e. The summed E-state index contributed by atoms with van der Waals surface area (Å²) in [5, 5.41) is 12.2. The van der Waals surface area contributed by atoms with Crippen molar-refractivity contribution in [2.24, 2.45) is 0 Å². The maximum Gasteiger partial charge on any atom is 0.230 e. The first-order valence-corrected chi connectivity index (χ1v) is 5.40. The number of thioether (sulfide) groups is 1. The van der Waals surface area contributed by atoms with Gasteiger partial charge in [-0.05, 0) is 12.1 Å². The maximum atomic E-state index is 11.0. The SMILES string of the molecule is O=C([O-])CNC(=O)CSCc1ccco1. The van der Waals surface area contributed by atoms with Gasteiger partial charge in [0, 0.05) is 0 Å². The lowest BCUT2D eigenvalue weighted by molar-refractivity contribution is -0.303. The Labute approximate surface area is 90.8 Å². The third-order valence-electron chi connectivity index (χ3n) is 1.49. The quantitative estimate of drug-likeness (QED) is 0.701. The first kappa shape index (κ1) is 11.6. The Morgan fingerprint density at radius 2 is 2.33 bits per heavy atom. The molecule has 1 amide bonds. The van der Waals surface area contributed by atoms with Crippen LogP contribution in [0.5, 0.6) is 0 Å². The topological polar surface area (TPSA) is 82.4 Å². The summed E-state index contributed by atoms with van der Waals surface area (Å²) in [4.78, 5) is 21.0. The molecule has 15 heavy (non-hydrogen) atoms. The number of amides is 1. The van der Waals surface area contributed by atoms with Gasteiger partial charge in [-0.3, -0.25) is 4.79 Å². The number of nitrogens with one attached hydrogen (secondary N) is 1. The van der Waals surface area contributed by atoms with E-state index in [1.807, 2.05) is 6.07 Å². The fraction of sp³-hybridized carbons (Fsp3) is 0.333. The highest BCUT2D eigenvalue weighted by molar-refractivity contribution is 7.99. The van der Waals surface area contributed by atoms with E-state index in [1.165, 1.54) is 11.8 Å². The zero-order valence-electron chi connectivity index (χ0n) is 7.89. The van der Waals surface area contributed by atoms with Gasteiger partial charge in [-0.2, -0.15) is 0 Å². The van der Waals surface area contributed by atoms with Gasteiger partial charge in [0.05, 0.1) is 30.3 Å². The fourth-order valence-electron chi connectivity index (χ4n) is 0.861. The van der Waals surface area contributed by atoms with E-state index in [1.54, 1.807) is 12.3 Å². The van der Waals surface area contributed by atoms with Crippen molar-refractivity contribution in [3.8, 4) is 0 Å². The lowest BCUT2D eigenvalue weighted by Gasteiger charge is -2.04. The van der Waals surface area contributed by atoms with Gasteiger partial charge < -0.3 is 19.6 Å². The van der Waals surface area contributed by atoms with Crippen LogP contribution in [0.2, 0.25) is 0 Å². The molecule has 0 aliphatic heterocycles. The molecule has 0 aliphatic rings. The number of carboxylic acid groups (broad SMARTS) is 1. The number of furan rings is 1. The van der Waals surface area contributed by atoms with E-state index in [9.17, 15) is 14.7 Å². The fourth-order valence-corrected chi connectivity index (χ4v) is 1.62. The normalized spacial score (nSPS) is 9.87. The Kier molecular flexibility index (Phi) is 4.76. The van der Waals surface area contributed by atoms with Crippen LogP contribution < -0.4 is 10.4 Å². The highest BCUT2D eigenvalue weighted by Gasteiger charge is 2.02. The van der Waals surface area contributed by atoms with E-state index in [-0.39, 0.29) is 11.7 Å². The van der Waals surface area contributed by atoms with E-state index in [2.05, 4.69) is 5.32 Å². The molecule has 82 valence electrons. The summed E-state index contributed by atoms with van der Waals surface area (Å²) in [5.74, 6) is -0.0393. The molecule has 0 aromatic carbocycles. The summed E-state index contributed by atoms with van der Waals surface area (Å²) in [5.41, 5.74) is 0. The smallest absolute Gasteiger partial charge is 0.230 e. The molecule has 1 aromatic heterocycles. The van der Waals surface area contributed by atoms with Crippen LogP contribution in [-0.2, 0) is 15.3 Å². The highest BCUT2D eigenvalue weighted by atomic mass is 32.2. The van der Waals surface area contributed by atoms with Gasteiger partial charge in [-0.15, -0.1) is 11.8 Å². The number of hydrogen-bond acceptors (Lipinski definition) is 5. The van der Waals surface area contributed by atoms with Crippen molar-refractivity contribution in [3.63, 3.8) is 0 Å². The van der Waals surface area contributed by atoms with Crippen LogP contribution in [0.25, 0.3) is 0 Å². The minimum atomic E-state index is -1.29. The second-order valence-corrected chi connectivity index (χ2v) is 3.71. The predicted octanol–water partition coefficient (Wildman–Crippen LogP) is -0.621. The summed E-state index contributed by atoms with van der Waals surface area (Å²) >= 11 is 1.35. The molecule has 1 heterocycles. The number of hydrogen-bond donors (Lipinski definition) is 1. The van der Waals surface area contributed by atoms with Crippen molar-refractivity contribution in [1.29, 1.82) is 0 Å². The Balaban J connectivity index is 2.09. The first-order valence-electron chi connectivity index (χ1n) is 4.25. The average molecular weight is 228 g/mol. The minimum Gasteiger partial charge on any atom is -0.548 e. The zero-order chi connectivity index (χ0) is 11.1. The molecule has 0 aliphatic carbocycles. The summed E-state index contributed by atoms with van der Waals surface area (Å²) in [6, 6.07) is 3.58. The molecule has 1 aromatic rings. The van der Waals surface area contributed by atoms with Gasteiger partial charge in [0.2, 0.25) is 5.91 Å². The van der Waals surface area contributed by atoms with Crippen LogP contribution in [-0.4, -0.2) is 24.2 Å². The van der Waals surface area contributed by atoms with Crippen molar-refractivity contribution in [2.75, 3.05) is 12.3 Å². The molecule has 0 fully saturated rings. The Hall–Kier alpha value is -1.43. The van der Waals surface area contributed by atoms with E-state index < -0.39 is 12.5 Å². The van der Waals surface area contributed by atoms with Gasteiger partial charge in [-0.1, -0.05) is 0 Å². The van der Waals surface area contributed by atoms with Crippen LogP contribution in [0.15, 0.2) is 22.8 Å². The zero-order valence-corrected chi connectivity index (χ0v) is 8.71. The van der Waals surface area contributed by atoms with Gasteiger partial charge in [-0.25, -0.2) is 0 Å². The third kappa shape index (κ3) is 5.11. The molecule has 6 heteroatoms. The maximum absolute atomic E-state index is 11.0. The summed E-state index contributed by atoms with van der Waals surface area (Å²) in [6.07, 6.45) is 1.56. The highest BCUT2D eigenvalue weighted by Crippen LogP contribution is 2.11. The molecule has 0 saturated carbocycles. The minimum absolute atomic E-state index is 0.202. The van der Waals surface area contributed by atoms with Crippen LogP contribution in [0, 0.1) is 0 Å². The Morgan fingerprint density at radius 3 is 2.93 bits per heavy atom. The first-order chi connectivity index (χ1) is 7.18. The average Bonchev–Trinajstić information content (AvgIpc) is 2.67. The third-order valence-corrected chi connectivity index (χ3v) is 2.44. The molecular weight excluding hydrogens is 218 g/mol. The second-order valence-electron chi connectivity index (χ2n) is 2.72. The number of carboxylic acids is 1. The number of aliphatic carboxylic acids is 1. The van der Waals surface area contributed by atoms with Gasteiger partial charge >= 0.3 is 0 Å². The van der Waals surface area contributed by atoms with Crippen molar-refractivity contribution in [2.45, 2.75) is 5.75 Å². The molecule has 0 atom stereocenters. The van der Waals surface area contributed by atoms with E-state index >= 15 is 0 Å². The lowest BCUT2D eigenvalue weighted by Crippen LogP contribution is -2.38. The van der Waals surface area contributed by atoms with Crippen molar-refractivity contribution >= 4 is 23.6 Å². The van der Waals surface area contributed by atoms with Crippen LogP contribution >= 0.6 is 11.8 Å². The summed E-state index contributed by atoms with van der Waals surface area (Å²) < 4.78 is 5.06. The predicted molar refractivity (Wildman–Crippen MR) is 52.9 cm³/mol. The van der Waals surface area contributed by atoms with Crippen LogP contribution in [0.4, 0.5) is 0 Å². The Bertz CT molecular complexity index is 323. The molecule has 5 nitrogen and oxygen atoms in total. The van der Waals surface area contributed by atoms with Gasteiger partial charge in [0.1, 0.15) is 5.76 Å². The summed E-state index contributed by atoms with van der Waals surface area (Å²) in [7, 11) is 0. The molecule has 0 spiro atoms. The standard InChI is InChI=1S/C9H11NO4S/c11-8(10-4-9(12)13)6-15-5-7-2-1-3-14-7/h1-3H,4-6H2,(H,10,11)(H,12,13)/p-1. The van der Waals surface area contributed by atoms with E-state index in [0.717, 1.165) is 5.76 Å².